The molecule has 2 N–H and O–H groups in total. The van der Waals surface area contributed by atoms with Crippen LogP contribution in [0.5, 0.6) is 5.75 Å². The van der Waals surface area contributed by atoms with Gasteiger partial charge in [0.2, 0.25) is 10.0 Å². The van der Waals surface area contributed by atoms with Crippen LogP contribution in [0.15, 0.2) is 23.0 Å². The molecule has 10 heteroatoms. The van der Waals surface area contributed by atoms with E-state index in [4.69, 9.17) is 9.84 Å². The Labute approximate surface area is 201 Å². The molecule has 2 heterocycles. The van der Waals surface area contributed by atoms with Gasteiger partial charge in [0.05, 0.1) is 24.1 Å². The topological polar surface area (TPSA) is 118 Å². The molecule has 2 aromatic heterocycles. The van der Waals surface area contributed by atoms with Gasteiger partial charge in [-0.3, -0.25) is 9.52 Å². The second-order valence-electron chi connectivity index (χ2n) is 8.67. The predicted octanol–water partition coefficient (Wildman–Crippen LogP) is 4.31. The quantitative estimate of drug-likeness (QED) is 0.366. The number of hydrogen-bond acceptors (Lipinski definition) is 6. The number of imidazole rings is 1. The number of aryl methyl sites for hydroxylation is 1. The van der Waals surface area contributed by atoms with Crippen molar-refractivity contribution in [3.05, 3.63) is 40.1 Å². The number of aromatic nitrogens is 4. The van der Waals surface area contributed by atoms with Gasteiger partial charge in [0, 0.05) is 12.1 Å². The van der Waals surface area contributed by atoms with E-state index in [0.717, 1.165) is 31.3 Å². The molecule has 1 aromatic carbocycles. The Balaban J connectivity index is 2.09. The molecule has 0 saturated carbocycles. The monoisotopic (exact) mass is 489 g/mol. The maximum absolute atomic E-state index is 13.0. The van der Waals surface area contributed by atoms with E-state index in [-0.39, 0.29) is 11.4 Å². The molecule has 1 unspecified atom stereocenters. The van der Waals surface area contributed by atoms with Crippen LogP contribution < -0.4 is 15.0 Å². The Kier molecular flexibility index (Phi) is 8.35. The van der Waals surface area contributed by atoms with Crippen molar-refractivity contribution in [3.63, 3.8) is 0 Å². The van der Waals surface area contributed by atoms with Gasteiger partial charge in [0.15, 0.2) is 11.3 Å². The average molecular weight is 490 g/mol. The molecule has 0 aliphatic rings. The van der Waals surface area contributed by atoms with Crippen molar-refractivity contribution in [2.24, 2.45) is 5.92 Å². The molecule has 0 aliphatic carbocycles. The number of ether oxygens (including phenoxy) is 1. The van der Waals surface area contributed by atoms with Crippen LogP contribution in [0.1, 0.15) is 64.4 Å². The third-order valence-corrected chi connectivity index (χ3v) is 6.45. The lowest BCUT2D eigenvalue weighted by Gasteiger charge is -2.14. The number of benzene rings is 1. The second-order valence-corrected chi connectivity index (χ2v) is 10.4. The molecule has 186 valence electrons. The number of unbranched alkanes of at least 4 members (excludes halogenated alkanes) is 2. The number of anilines is 1. The summed E-state index contributed by atoms with van der Waals surface area (Å²) in [6.07, 6.45) is 7.52. The second kappa shape index (κ2) is 11.0. The Morgan fingerprint density at radius 2 is 1.97 bits per heavy atom. The van der Waals surface area contributed by atoms with Crippen LogP contribution in [0.3, 0.4) is 0 Å². The summed E-state index contributed by atoms with van der Waals surface area (Å²) < 4.78 is 33.3. The van der Waals surface area contributed by atoms with Gasteiger partial charge in [-0.1, -0.05) is 46.0 Å². The number of nitrogens with one attached hydrogen (secondary N) is 2. The fourth-order valence-electron chi connectivity index (χ4n) is 4.16. The lowest BCUT2D eigenvalue weighted by molar-refractivity contribution is 0.341. The SMILES string of the molecule is CCCCCC(CC)Cc1nc(C)c2c(=O)[nH]c(-c3cc(NS(C)(=O)=O)ccc3OCC)nn12. The Morgan fingerprint density at radius 3 is 2.62 bits per heavy atom. The van der Waals surface area contributed by atoms with Crippen molar-refractivity contribution in [2.45, 2.75) is 66.2 Å². The summed E-state index contributed by atoms with van der Waals surface area (Å²) in [7, 11) is -3.47. The predicted molar refractivity (Wildman–Crippen MR) is 135 cm³/mol. The van der Waals surface area contributed by atoms with Gasteiger partial charge < -0.3 is 9.72 Å². The van der Waals surface area contributed by atoms with Gasteiger partial charge in [-0.2, -0.15) is 0 Å². The van der Waals surface area contributed by atoms with E-state index in [9.17, 15) is 13.2 Å². The van der Waals surface area contributed by atoms with E-state index in [1.165, 1.54) is 19.3 Å². The van der Waals surface area contributed by atoms with Crippen LogP contribution in [0.2, 0.25) is 0 Å². The molecule has 3 rings (SSSR count). The molecular weight excluding hydrogens is 454 g/mol. The third kappa shape index (κ3) is 6.16. The lowest BCUT2D eigenvalue weighted by atomic mass is 9.95. The Bertz CT molecular complexity index is 1300. The first kappa shape index (κ1) is 25.7. The summed E-state index contributed by atoms with van der Waals surface area (Å²) in [6, 6.07) is 4.89. The molecule has 0 aliphatic heterocycles. The summed E-state index contributed by atoms with van der Waals surface area (Å²) in [5.74, 6) is 2.00. The number of H-pyrrole nitrogens is 1. The van der Waals surface area contributed by atoms with Crippen molar-refractivity contribution in [1.82, 2.24) is 19.6 Å². The number of hydrogen-bond donors (Lipinski definition) is 2. The summed E-state index contributed by atoms with van der Waals surface area (Å²) >= 11 is 0. The molecular formula is C24H35N5O4S. The highest BCUT2D eigenvalue weighted by Crippen LogP contribution is 2.31. The van der Waals surface area contributed by atoms with Crippen molar-refractivity contribution in [2.75, 3.05) is 17.6 Å². The highest BCUT2D eigenvalue weighted by molar-refractivity contribution is 7.92. The van der Waals surface area contributed by atoms with Gasteiger partial charge in [0.25, 0.3) is 5.56 Å². The Hall–Kier alpha value is -2.88. The number of fused-ring (bicyclic) bond motifs is 1. The van der Waals surface area contributed by atoms with Crippen LogP contribution in [0.4, 0.5) is 5.69 Å². The van der Waals surface area contributed by atoms with Crippen molar-refractivity contribution in [1.29, 1.82) is 0 Å². The molecule has 9 nitrogen and oxygen atoms in total. The van der Waals surface area contributed by atoms with Crippen molar-refractivity contribution < 1.29 is 13.2 Å². The maximum Gasteiger partial charge on any atom is 0.277 e. The molecule has 0 bridgehead atoms. The highest BCUT2D eigenvalue weighted by Gasteiger charge is 2.20. The Morgan fingerprint density at radius 1 is 1.21 bits per heavy atom. The molecule has 0 fully saturated rings. The summed E-state index contributed by atoms with van der Waals surface area (Å²) in [5.41, 5.74) is 1.60. The van der Waals surface area contributed by atoms with Gasteiger partial charge in [-0.05, 0) is 38.0 Å². The first-order valence-corrected chi connectivity index (χ1v) is 13.8. The fraction of sp³-hybridized carbons (Fsp3) is 0.542. The van der Waals surface area contributed by atoms with Gasteiger partial charge in [0.1, 0.15) is 11.6 Å². The van der Waals surface area contributed by atoms with Crippen LogP contribution in [-0.2, 0) is 16.4 Å². The van der Waals surface area contributed by atoms with Crippen LogP contribution in [-0.4, -0.2) is 40.9 Å². The van der Waals surface area contributed by atoms with Gasteiger partial charge in [-0.15, -0.1) is 5.10 Å². The summed E-state index contributed by atoms with van der Waals surface area (Å²) in [4.78, 5) is 20.6. The van der Waals surface area contributed by atoms with E-state index in [2.05, 4.69) is 28.5 Å². The first-order chi connectivity index (χ1) is 16.2. The largest absolute Gasteiger partial charge is 0.493 e. The van der Waals surface area contributed by atoms with Gasteiger partial charge >= 0.3 is 0 Å². The molecule has 0 amide bonds. The summed E-state index contributed by atoms with van der Waals surface area (Å²) in [5, 5.41) is 4.73. The van der Waals surface area contributed by atoms with E-state index in [1.807, 2.05) is 13.8 Å². The van der Waals surface area contributed by atoms with E-state index in [0.29, 0.717) is 40.7 Å². The maximum atomic E-state index is 13.0. The highest BCUT2D eigenvalue weighted by atomic mass is 32.2. The molecule has 0 radical (unpaired) electrons. The first-order valence-electron chi connectivity index (χ1n) is 11.9. The average Bonchev–Trinajstić information content (AvgIpc) is 3.08. The molecule has 0 saturated heterocycles. The molecule has 0 spiro atoms. The zero-order valence-electron chi connectivity index (χ0n) is 20.6. The molecule has 34 heavy (non-hydrogen) atoms. The molecule has 1 atom stereocenters. The van der Waals surface area contributed by atoms with E-state index in [1.54, 1.807) is 22.7 Å². The zero-order valence-corrected chi connectivity index (χ0v) is 21.5. The van der Waals surface area contributed by atoms with Crippen molar-refractivity contribution in [3.8, 4) is 17.1 Å². The third-order valence-electron chi connectivity index (χ3n) is 5.85. The number of aromatic amines is 1. The normalized spacial score (nSPS) is 12.7. The van der Waals surface area contributed by atoms with Crippen LogP contribution in [0, 0.1) is 12.8 Å². The van der Waals surface area contributed by atoms with E-state index < -0.39 is 10.0 Å². The summed E-state index contributed by atoms with van der Waals surface area (Å²) in [6.45, 7) is 8.45. The number of rotatable bonds is 12. The number of sulfonamides is 1. The molecule has 3 aromatic rings. The minimum atomic E-state index is -3.47. The zero-order chi connectivity index (χ0) is 24.9. The smallest absolute Gasteiger partial charge is 0.277 e. The fourth-order valence-corrected chi connectivity index (χ4v) is 4.71. The lowest BCUT2D eigenvalue weighted by Crippen LogP contribution is -2.17. The number of nitrogens with zero attached hydrogens (tertiary/aromatic N) is 3. The van der Waals surface area contributed by atoms with Gasteiger partial charge in [-0.25, -0.2) is 17.9 Å². The standard InChI is InChI=1S/C24H35N5O4S/c1-6-9-10-11-17(7-2)14-21-25-16(4)22-24(30)26-23(27-29(21)22)19-15-18(28-34(5,31)32)12-13-20(19)33-8-3/h12-13,15,17,28H,6-11,14H2,1-5H3,(H,26,27,30). The van der Waals surface area contributed by atoms with Crippen molar-refractivity contribution >= 4 is 21.2 Å². The minimum absolute atomic E-state index is 0.288. The van der Waals surface area contributed by atoms with Crippen LogP contribution >= 0.6 is 0 Å². The van der Waals surface area contributed by atoms with Crippen LogP contribution in [0.25, 0.3) is 16.9 Å². The minimum Gasteiger partial charge on any atom is -0.493 e. The van der Waals surface area contributed by atoms with E-state index >= 15 is 0 Å².